The Labute approximate surface area is 182 Å². The Morgan fingerprint density at radius 1 is 1.10 bits per heavy atom. The van der Waals surface area contributed by atoms with Gasteiger partial charge in [0.05, 0.1) is 0 Å². The molecule has 1 aliphatic rings. The van der Waals surface area contributed by atoms with Crippen LogP contribution >= 0.6 is 0 Å². The summed E-state index contributed by atoms with van der Waals surface area (Å²) in [5.41, 5.74) is 1.92. The number of aromatic nitrogens is 3. The molecule has 1 saturated heterocycles. The fourth-order valence-corrected chi connectivity index (χ4v) is 3.69. The fourth-order valence-electron chi connectivity index (χ4n) is 3.69. The zero-order valence-corrected chi connectivity index (χ0v) is 17.9. The van der Waals surface area contributed by atoms with Crippen LogP contribution in [-0.2, 0) is 4.79 Å². The van der Waals surface area contributed by atoms with Crippen LogP contribution in [0.25, 0.3) is 11.4 Å². The van der Waals surface area contributed by atoms with Crippen molar-refractivity contribution in [3.63, 3.8) is 0 Å². The van der Waals surface area contributed by atoms with Crippen molar-refractivity contribution in [3.05, 3.63) is 66.6 Å². The smallest absolute Gasteiger partial charge is 0.260 e. The van der Waals surface area contributed by atoms with Gasteiger partial charge in [0.1, 0.15) is 11.6 Å². The molecule has 31 heavy (non-hydrogen) atoms. The summed E-state index contributed by atoms with van der Waals surface area (Å²) >= 11 is 0. The number of pyridine rings is 1. The van der Waals surface area contributed by atoms with Crippen LogP contribution in [0.2, 0.25) is 0 Å². The Hall–Kier alpha value is -3.48. The molecule has 0 aliphatic carbocycles. The molecule has 0 atom stereocenters. The van der Waals surface area contributed by atoms with Crippen LogP contribution in [0.1, 0.15) is 24.5 Å². The minimum Gasteiger partial charge on any atom is -0.484 e. The molecular weight excluding hydrogens is 390 g/mol. The van der Waals surface area contributed by atoms with Gasteiger partial charge in [0, 0.05) is 62.8 Å². The van der Waals surface area contributed by atoms with Crippen LogP contribution in [0.3, 0.4) is 0 Å². The highest BCUT2D eigenvalue weighted by Gasteiger charge is 2.26. The quantitative estimate of drug-likeness (QED) is 0.612. The number of benzene rings is 1. The number of amides is 1. The minimum atomic E-state index is 0.0232. The summed E-state index contributed by atoms with van der Waals surface area (Å²) < 4.78 is 5.62. The monoisotopic (exact) mass is 417 g/mol. The summed E-state index contributed by atoms with van der Waals surface area (Å²) in [6.45, 7) is 1.47. The number of hydrogen-bond donors (Lipinski definition) is 0. The molecule has 0 N–H and O–H groups in total. The Bertz CT molecular complexity index is 1000. The van der Waals surface area contributed by atoms with Gasteiger partial charge in [0.15, 0.2) is 12.4 Å². The third-order valence-corrected chi connectivity index (χ3v) is 5.48. The molecule has 0 spiro atoms. The number of anilines is 1. The van der Waals surface area contributed by atoms with E-state index in [1.807, 2.05) is 66.4 Å². The van der Waals surface area contributed by atoms with Crippen molar-refractivity contribution >= 4 is 11.7 Å². The van der Waals surface area contributed by atoms with E-state index in [-0.39, 0.29) is 18.4 Å². The van der Waals surface area contributed by atoms with Crippen molar-refractivity contribution in [1.82, 2.24) is 19.9 Å². The number of likely N-dealkylation sites (tertiary alicyclic amines) is 1. The molecule has 7 heteroatoms. The fraction of sp³-hybridized carbons (Fsp3) is 0.333. The summed E-state index contributed by atoms with van der Waals surface area (Å²) in [5.74, 6) is 2.58. The predicted octanol–water partition coefficient (Wildman–Crippen LogP) is 3.39. The number of piperidine rings is 1. The van der Waals surface area contributed by atoms with E-state index in [4.69, 9.17) is 9.72 Å². The van der Waals surface area contributed by atoms with Crippen LogP contribution in [-0.4, -0.2) is 59.6 Å². The topological polar surface area (TPSA) is 71.5 Å². The molecule has 3 aromatic rings. The summed E-state index contributed by atoms with van der Waals surface area (Å²) in [4.78, 5) is 30.2. The van der Waals surface area contributed by atoms with Gasteiger partial charge in [-0.15, -0.1) is 0 Å². The van der Waals surface area contributed by atoms with Crippen LogP contribution in [0.15, 0.2) is 60.9 Å². The number of hydrogen-bond acceptors (Lipinski definition) is 6. The van der Waals surface area contributed by atoms with E-state index in [0.29, 0.717) is 24.7 Å². The second-order valence-electron chi connectivity index (χ2n) is 7.87. The predicted molar refractivity (Wildman–Crippen MR) is 120 cm³/mol. The highest BCUT2D eigenvalue weighted by atomic mass is 16.5. The molecule has 160 valence electrons. The maximum absolute atomic E-state index is 12.6. The molecule has 2 aromatic heterocycles. The van der Waals surface area contributed by atoms with E-state index in [1.165, 1.54) is 0 Å². The molecule has 7 nitrogen and oxygen atoms in total. The maximum Gasteiger partial charge on any atom is 0.260 e. The largest absolute Gasteiger partial charge is 0.484 e. The van der Waals surface area contributed by atoms with Crippen molar-refractivity contribution in [1.29, 1.82) is 0 Å². The third kappa shape index (κ3) is 5.17. The zero-order valence-electron chi connectivity index (χ0n) is 17.9. The Kier molecular flexibility index (Phi) is 6.40. The molecule has 0 bridgehead atoms. The zero-order chi connectivity index (χ0) is 21.6. The lowest BCUT2D eigenvalue weighted by atomic mass is 9.93. The SMILES string of the molecule is CN(C)c1cc(C2CCN(C(=O)COc3ccccc3)CC2)nc(-c2cccnc2)n1. The van der Waals surface area contributed by atoms with E-state index >= 15 is 0 Å². The van der Waals surface area contributed by atoms with Crippen molar-refractivity contribution in [2.75, 3.05) is 38.7 Å². The molecule has 0 unspecified atom stereocenters. The van der Waals surface area contributed by atoms with Gasteiger partial charge < -0.3 is 14.5 Å². The third-order valence-electron chi connectivity index (χ3n) is 5.48. The van der Waals surface area contributed by atoms with Gasteiger partial charge in [0.2, 0.25) is 0 Å². The van der Waals surface area contributed by atoms with Crippen LogP contribution in [0.4, 0.5) is 5.82 Å². The van der Waals surface area contributed by atoms with Crippen LogP contribution in [0.5, 0.6) is 5.75 Å². The molecule has 1 fully saturated rings. The average molecular weight is 418 g/mol. The van der Waals surface area contributed by atoms with Gasteiger partial charge >= 0.3 is 0 Å². The molecule has 3 heterocycles. The van der Waals surface area contributed by atoms with E-state index in [2.05, 4.69) is 16.0 Å². The summed E-state index contributed by atoms with van der Waals surface area (Å²) in [6.07, 6.45) is 5.27. The number of nitrogens with zero attached hydrogens (tertiary/aromatic N) is 5. The number of ether oxygens (including phenoxy) is 1. The summed E-state index contributed by atoms with van der Waals surface area (Å²) in [5, 5.41) is 0. The highest BCUT2D eigenvalue weighted by Crippen LogP contribution is 2.30. The minimum absolute atomic E-state index is 0.0232. The number of para-hydroxylation sites is 1. The molecule has 4 rings (SSSR count). The first kappa shape index (κ1) is 20.8. The van der Waals surface area contributed by atoms with Crippen LogP contribution in [0, 0.1) is 0 Å². The normalized spacial score (nSPS) is 14.3. The Morgan fingerprint density at radius 2 is 1.87 bits per heavy atom. The van der Waals surface area contributed by atoms with E-state index in [1.54, 1.807) is 12.4 Å². The number of carbonyl (C=O) groups excluding carboxylic acids is 1. The van der Waals surface area contributed by atoms with Gasteiger partial charge in [-0.25, -0.2) is 9.97 Å². The van der Waals surface area contributed by atoms with Crippen molar-refractivity contribution < 1.29 is 9.53 Å². The maximum atomic E-state index is 12.6. The number of rotatable bonds is 6. The standard InChI is InChI=1S/C24H27N5O2/c1-28(2)22-15-21(26-24(27-22)19-7-6-12-25-16-19)18-10-13-29(14-11-18)23(30)17-31-20-8-4-3-5-9-20/h3-9,12,15-16,18H,10-11,13-14,17H2,1-2H3. The van der Waals surface area contributed by atoms with Gasteiger partial charge in [-0.3, -0.25) is 9.78 Å². The first-order valence-electron chi connectivity index (χ1n) is 10.5. The average Bonchev–Trinajstić information content (AvgIpc) is 2.83. The van der Waals surface area contributed by atoms with Crippen LogP contribution < -0.4 is 9.64 Å². The number of carbonyl (C=O) groups is 1. The second kappa shape index (κ2) is 9.55. The first-order chi connectivity index (χ1) is 15.1. The Morgan fingerprint density at radius 3 is 2.55 bits per heavy atom. The second-order valence-corrected chi connectivity index (χ2v) is 7.87. The molecular formula is C24H27N5O2. The van der Waals surface area contributed by atoms with Crippen molar-refractivity contribution in [3.8, 4) is 17.1 Å². The summed E-state index contributed by atoms with van der Waals surface area (Å²) in [7, 11) is 3.96. The molecule has 0 radical (unpaired) electrons. The van der Waals surface area contributed by atoms with Gasteiger partial charge in [-0.2, -0.15) is 0 Å². The Balaban J connectivity index is 1.42. The molecule has 0 saturated carbocycles. The summed E-state index contributed by atoms with van der Waals surface area (Å²) in [6, 6.07) is 15.4. The molecule has 1 amide bonds. The van der Waals surface area contributed by atoms with E-state index in [9.17, 15) is 4.79 Å². The van der Waals surface area contributed by atoms with Crippen molar-refractivity contribution in [2.24, 2.45) is 0 Å². The van der Waals surface area contributed by atoms with E-state index in [0.717, 1.165) is 29.9 Å². The van der Waals surface area contributed by atoms with Gasteiger partial charge in [-0.05, 0) is 37.1 Å². The van der Waals surface area contributed by atoms with E-state index < -0.39 is 0 Å². The lowest BCUT2D eigenvalue weighted by Gasteiger charge is -2.32. The van der Waals surface area contributed by atoms with Crippen molar-refractivity contribution in [2.45, 2.75) is 18.8 Å². The lowest BCUT2D eigenvalue weighted by Crippen LogP contribution is -2.40. The molecule has 1 aliphatic heterocycles. The highest BCUT2D eigenvalue weighted by molar-refractivity contribution is 5.77. The van der Waals surface area contributed by atoms with Gasteiger partial charge in [0.25, 0.3) is 5.91 Å². The first-order valence-corrected chi connectivity index (χ1v) is 10.5. The molecule has 1 aromatic carbocycles. The lowest BCUT2D eigenvalue weighted by molar-refractivity contribution is -0.134. The van der Waals surface area contributed by atoms with Gasteiger partial charge in [-0.1, -0.05) is 18.2 Å².